The third kappa shape index (κ3) is 2.66. The van der Waals surface area contributed by atoms with Crippen LogP contribution in [0.2, 0.25) is 0 Å². The van der Waals surface area contributed by atoms with Gasteiger partial charge in [-0.1, -0.05) is 6.07 Å². The average Bonchev–Trinajstić information content (AvgIpc) is 3.17. The van der Waals surface area contributed by atoms with Crippen molar-refractivity contribution in [3.05, 3.63) is 23.8 Å². The summed E-state index contributed by atoms with van der Waals surface area (Å²) in [5, 5.41) is 3.17. The molecule has 1 amide bonds. The van der Waals surface area contributed by atoms with Crippen LogP contribution in [0.25, 0.3) is 0 Å². The molecule has 23 heavy (non-hydrogen) atoms. The summed E-state index contributed by atoms with van der Waals surface area (Å²) in [4.78, 5) is 12.4. The van der Waals surface area contributed by atoms with Gasteiger partial charge in [-0.25, -0.2) is 0 Å². The summed E-state index contributed by atoms with van der Waals surface area (Å²) in [6.07, 6.45) is 1.59. The molecule has 1 saturated heterocycles. The van der Waals surface area contributed by atoms with Gasteiger partial charge in [0.2, 0.25) is 12.7 Å². The molecule has 2 fully saturated rings. The van der Waals surface area contributed by atoms with E-state index in [9.17, 15) is 4.79 Å². The van der Waals surface area contributed by atoms with Crippen molar-refractivity contribution in [3.8, 4) is 11.5 Å². The van der Waals surface area contributed by atoms with Crippen LogP contribution in [0.3, 0.4) is 0 Å². The summed E-state index contributed by atoms with van der Waals surface area (Å²) >= 11 is 0. The van der Waals surface area contributed by atoms with E-state index in [1.165, 1.54) is 0 Å². The molecule has 1 N–H and O–H groups in total. The Labute approximate surface area is 135 Å². The number of methoxy groups -OCH3 is 1. The molecule has 1 aromatic rings. The maximum absolute atomic E-state index is 12.4. The van der Waals surface area contributed by atoms with E-state index in [0.717, 1.165) is 24.3 Å². The Morgan fingerprint density at radius 3 is 3.09 bits per heavy atom. The highest BCUT2D eigenvalue weighted by molar-refractivity contribution is 5.79. The summed E-state index contributed by atoms with van der Waals surface area (Å²) in [5.41, 5.74) is 0.925. The maximum Gasteiger partial charge on any atom is 0.231 e. The summed E-state index contributed by atoms with van der Waals surface area (Å²) in [5.74, 6) is 2.16. The van der Waals surface area contributed by atoms with Crippen LogP contribution in [0.5, 0.6) is 11.5 Å². The predicted octanol–water partition coefficient (Wildman–Crippen LogP) is 1.12. The molecule has 6 heteroatoms. The third-order valence-corrected chi connectivity index (χ3v) is 5.02. The molecule has 1 saturated carbocycles. The first-order chi connectivity index (χ1) is 11.3. The highest BCUT2D eigenvalue weighted by Crippen LogP contribution is 2.43. The molecule has 6 nitrogen and oxygen atoms in total. The molecule has 124 valence electrons. The van der Waals surface area contributed by atoms with Crippen LogP contribution in [0.1, 0.15) is 12.0 Å². The van der Waals surface area contributed by atoms with E-state index in [0.29, 0.717) is 24.7 Å². The maximum atomic E-state index is 12.4. The van der Waals surface area contributed by atoms with Crippen molar-refractivity contribution in [1.29, 1.82) is 0 Å². The van der Waals surface area contributed by atoms with Gasteiger partial charge in [0, 0.05) is 31.6 Å². The minimum absolute atomic E-state index is 0.0281. The lowest BCUT2D eigenvalue weighted by atomic mass is 9.67. The molecule has 0 radical (unpaired) electrons. The number of hydrogen-bond acceptors (Lipinski definition) is 5. The van der Waals surface area contributed by atoms with Crippen LogP contribution in [-0.4, -0.2) is 45.2 Å². The Hall–Kier alpha value is -1.79. The van der Waals surface area contributed by atoms with Crippen molar-refractivity contribution in [3.63, 3.8) is 0 Å². The molecular formula is C17H21NO5. The highest BCUT2D eigenvalue weighted by Gasteiger charge is 2.54. The normalized spacial score (nSPS) is 30.7. The van der Waals surface area contributed by atoms with Gasteiger partial charge in [-0.15, -0.1) is 0 Å². The first kappa shape index (κ1) is 14.8. The first-order valence-corrected chi connectivity index (χ1v) is 8.04. The number of fused-ring (bicyclic) bond motifs is 2. The topological polar surface area (TPSA) is 66.0 Å². The van der Waals surface area contributed by atoms with Crippen molar-refractivity contribution in [2.45, 2.75) is 25.0 Å². The van der Waals surface area contributed by atoms with Gasteiger partial charge in [0.05, 0.1) is 19.1 Å². The highest BCUT2D eigenvalue weighted by atomic mass is 16.7. The Morgan fingerprint density at radius 2 is 2.22 bits per heavy atom. The number of rotatable bonds is 5. The fourth-order valence-electron chi connectivity index (χ4n) is 3.91. The number of benzene rings is 1. The van der Waals surface area contributed by atoms with Crippen molar-refractivity contribution >= 4 is 5.91 Å². The second-order valence-electron chi connectivity index (χ2n) is 6.36. The van der Waals surface area contributed by atoms with E-state index in [-0.39, 0.29) is 30.8 Å². The van der Waals surface area contributed by atoms with E-state index in [2.05, 4.69) is 5.32 Å². The Morgan fingerprint density at radius 1 is 1.35 bits per heavy atom. The number of ether oxygens (including phenoxy) is 4. The molecule has 0 aromatic heterocycles. The van der Waals surface area contributed by atoms with Gasteiger partial charge >= 0.3 is 0 Å². The Balaban J connectivity index is 1.38. The van der Waals surface area contributed by atoms with Crippen LogP contribution in [-0.2, 0) is 20.7 Å². The second kappa shape index (κ2) is 6.02. The molecule has 0 spiro atoms. The van der Waals surface area contributed by atoms with Crippen molar-refractivity contribution in [2.75, 3.05) is 27.1 Å². The van der Waals surface area contributed by atoms with Crippen LogP contribution in [0.4, 0.5) is 0 Å². The van der Waals surface area contributed by atoms with Gasteiger partial charge in [0.25, 0.3) is 0 Å². The molecular weight excluding hydrogens is 298 g/mol. The SMILES string of the molecule is COC[C@@H]1[C@H](NC(=O)Cc2ccc3c(c2)OCO3)[C@@H]2CCO[C@H]12. The Bertz CT molecular complexity index is 605. The number of nitrogens with one attached hydrogen (secondary N) is 1. The molecule has 4 atom stereocenters. The van der Waals surface area contributed by atoms with Crippen molar-refractivity contribution < 1.29 is 23.7 Å². The van der Waals surface area contributed by atoms with Crippen molar-refractivity contribution in [1.82, 2.24) is 5.32 Å². The minimum atomic E-state index is 0.0281. The molecule has 2 aliphatic heterocycles. The summed E-state index contributed by atoms with van der Waals surface area (Å²) < 4.78 is 21.6. The second-order valence-corrected chi connectivity index (χ2v) is 6.36. The monoisotopic (exact) mass is 319 g/mol. The molecule has 1 aromatic carbocycles. The zero-order valence-corrected chi connectivity index (χ0v) is 13.1. The van der Waals surface area contributed by atoms with Gasteiger partial charge in [-0.3, -0.25) is 4.79 Å². The lowest BCUT2D eigenvalue weighted by molar-refractivity contribution is -0.129. The van der Waals surface area contributed by atoms with Gasteiger partial charge in [-0.2, -0.15) is 0 Å². The first-order valence-electron chi connectivity index (χ1n) is 8.04. The van der Waals surface area contributed by atoms with Crippen LogP contribution in [0, 0.1) is 11.8 Å². The van der Waals surface area contributed by atoms with E-state index in [1.54, 1.807) is 7.11 Å². The molecule has 2 heterocycles. The summed E-state index contributed by atoms with van der Waals surface area (Å²) in [6.45, 7) is 1.65. The summed E-state index contributed by atoms with van der Waals surface area (Å²) in [7, 11) is 1.69. The zero-order chi connectivity index (χ0) is 15.8. The number of hydrogen-bond donors (Lipinski definition) is 1. The third-order valence-electron chi connectivity index (χ3n) is 5.02. The summed E-state index contributed by atoms with van der Waals surface area (Å²) in [6, 6.07) is 5.78. The number of carbonyl (C=O) groups is 1. The zero-order valence-electron chi connectivity index (χ0n) is 13.1. The van der Waals surface area contributed by atoms with E-state index in [4.69, 9.17) is 18.9 Å². The smallest absolute Gasteiger partial charge is 0.231 e. The van der Waals surface area contributed by atoms with Crippen LogP contribution < -0.4 is 14.8 Å². The quantitative estimate of drug-likeness (QED) is 0.881. The molecule has 0 unspecified atom stereocenters. The van der Waals surface area contributed by atoms with E-state index < -0.39 is 0 Å². The Kier molecular flexibility index (Phi) is 3.87. The van der Waals surface area contributed by atoms with Crippen molar-refractivity contribution in [2.24, 2.45) is 11.8 Å². The largest absolute Gasteiger partial charge is 0.454 e. The predicted molar refractivity (Wildman–Crippen MR) is 81.4 cm³/mol. The van der Waals surface area contributed by atoms with Gasteiger partial charge in [-0.05, 0) is 24.1 Å². The van der Waals surface area contributed by atoms with E-state index in [1.807, 2.05) is 18.2 Å². The fourth-order valence-corrected chi connectivity index (χ4v) is 3.91. The fraction of sp³-hybridized carbons (Fsp3) is 0.588. The lowest BCUT2D eigenvalue weighted by Gasteiger charge is -2.47. The standard InChI is InChI=1S/C17H21NO5/c1-20-8-12-16(11-4-5-21-17(11)12)18-15(19)7-10-2-3-13-14(6-10)23-9-22-13/h2-3,6,11-12,16-17H,4-5,7-9H2,1H3,(H,18,19)/t11-,12+,16+,17-/m0/s1. The lowest BCUT2D eigenvalue weighted by Crippen LogP contribution is -2.62. The van der Waals surface area contributed by atoms with Crippen LogP contribution in [0.15, 0.2) is 18.2 Å². The molecule has 3 aliphatic rings. The van der Waals surface area contributed by atoms with Crippen LogP contribution >= 0.6 is 0 Å². The van der Waals surface area contributed by atoms with Gasteiger partial charge in [0.15, 0.2) is 11.5 Å². The molecule has 0 bridgehead atoms. The average molecular weight is 319 g/mol. The minimum Gasteiger partial charge on any atom is -0.454 e. The molecule has 4 rings (SSSR count). The number of amides is 1. The van der Waals surface area contributed by atoms with Gasteiger partial charge in [0.1, 0.15) is 0 Å². The molecule has 1 aliphatic carbocycles. The number of carbonyl (C=O) groups excluding carboxylic acids is 1. The van der Waals surface area contributed by atoms with E-state index >= 15 is 0 Å². The van der Waals surface area contributed by atoms with Gasteiger partial charge < -0.3 is 24.3 Å².